The van der Waals surface area contributed by atoms with Gasteiger partial charge in [0.25, 0.3) is 0 Å². The van der Waals surface area contributed by atoms with Crippen LogP contribution in [-0.2, 0) is 14.3 Å². The van der Waals surface area contributed by atoms with Crippen LogP contribution in [0.3, 0.4) is 0 Å². The van der Waals surface area contributed by atoms with Crippen molar-refractivity contribution < 1.29 is 19.1 Å². The fraction of sp³-hybridized carbons (Fsp3) is 0.765. The highest BCUT2D eigenvalue weighted by atomic mass is 16.6. The number of ether oxygens (including phenoxy) is 2. The van der Waals surface area contributed by atoms with Gasteiger partial charge in [0.05, 0.1) is 12.6 Å². The van der Waals surface area contributed by atoms with Crippen LogP contribution in [0.15, 0.2) is 12.2 Å². The molecule has 0 aromatic carbocycles. The van der Waals surface area contributed by atoms with E-state index < -0.39 is 5.60 Å². The van der Waals surface area contributed by atoms with Crippen LogP contribution < -0.4 is 10.9 Å². The number of carbonyl (C=O) groups is 2. The summed E-state index contributed by atoms with van der Waals surface area (Å²) in [7, 11) is 0. The lowest BCUT2D eigenvalue weighted by Crippen LogP contribution is -2.62. The van der Waals surface area contributed by atoms with Crippen molar-refractivity contribution in [2.75, 3.05) is 13.2 Å². The third-order valence-corrected chi connectivity index (χ3v) is 4.12. The summed E-state index contributed by atoms with van der Waals surface area (Å²) in [6.07, 6.45) is 6.00. The maximum absolute atomic E-state index is 12.5. The molecule has 3 atom stereocenters. The normalized spacial score (nSPS) is 27.7. The lowest BCUT2D eigenvalue weighted by molar-refractivity contribution is -0.147. The van der Waals surface area contributed by atoms with Crippen LogP contribution in [0.25, 0.3) is 0 Å². The van der Waals surface area contributed by atoms with Crippen LogP contribution in [0.2, 0.25) is 0 Å². The smallest absolute Gasteiger partial charge is 0.410 e. The van der Waals surface area contributed by atoms with E-state index in [1.807, 2.05) is 26.8 Å². The summed E-state index contributed by atoms with van der Waals surface area (Å²) in [5.74, 6) is -0.240. The van der Waals surface area contributed by atoms with Gasteiger partial charge in [0, 0.05) is 12.6 Å². The molecule has 7 heteroatoms. The molecule has 0 aromatic rings. The number of esters is 1. The summed E-state index contributed by atoms with van der Waals surface area (Å²) in [6, 6.07) is -0.274. The number of hydrogen-bond acceptors (Lipinski definition) is 6. The zero-order valence-corrected chi connectivity index (χ0v) is 15.0. The molecule has 2 heterocycles. The van der Waals surface area contributed by atoms with Gasteiger partial charge in [-0.3, -0.25) is 15.1 Å². The Morgan fingerprint density at radius 2 is 1.96 bits per heavy atom. The highest BCUT2D eigenvalue weighted by Crippen LogP contribution is 2.23. The molecule has 0 saturated carbocycles. The first-order chi connectivity index (χ1) is 11.3. The summed E-state index contributed by atoms with van der Waals surface area (Å²) < 4.78 is 10.6. The monoisotopic (exact) mass is 339 g/mol. The molecule has 1 saturated heterocycles. The Hall–Kier alpha value is -1.60. The van der Waals surface area contributed by atoms with E-state index in [9.17, 15) is 9.59 Å². The molecule has 7 nitrogen and oxygen atoms in total. The predicted molar refractivity (Wildman–Crippen MR) is 90.2 cm³/mol. The molecule has 0 aliphatic carbocycles. The minimum atomic E-state index is -0.518. The average Bonchev–Trinajstić information content (AvgIpc) is 2.53. The van der Waals surface area contributed by atoms with Crippen molar-refractivity contribution in [1.29, 1.82) is 0 Å². The van der Waals surface area contributed by atoms with E-state index in [0.29, 0.717) is 19.6 Å². The van der Waals surface area contributed by atoms with Crippen LogP contribution in [0.5, 0.6) is 0 Å². The summed E-state index contributed by atoms with van der Waals surface area (Å²) in [4.78, 5) is 26.0. The van der Waals surface area contributed by atoms with E-state index in [0.717, 1.165) is 12.8 Å². The van der Waals surface area contributed by atoms with Crippen molar-refractivity contribution in [2.24, 2.45) is 0 Å². The quantitative estimate of drug-likeness (QED) is 0.602. The Kier molecular flexibility index (Phi) is 6.23. The van der Waals surface area contributed by atoms with E-state index in [1.165, 1.54) is 0 Å². The lowest BCUT2D eigenvalue weighted by Gasteiger charge is -2.41. The highest BCUT2D eigenvalue weighted by Gasteiger charge is 2.37. The molecule has 2 rings (SSSR count). The zero-order chi connectivity index (χ0) is 17.7. The Balaban J connectivity index is 1.96. The molecule has 1 amide bonds. The summed E-state index contributed by atoms with van der Waals surface area (Å²) in [5, 5.41) is 0. The topological polar surface area (TPSA) is 79.9 Å². The molecule has 0 bridgehead atoms. The van der Waals surface area contributed by atoms with Crippen molar-refractivity contribution in [3.8, 4) is 0 Å². The van der Waals surface area contributed by atoms with Gasteiger partial charge in [0.1, 0.15) is 11.6 Å². The van der Waals surface area contributed by atoms with Gasteiger partial charge in [-0.1, -0.05) is 12.2 Å². The number of hydrogen-bond donors (Lipinski definition) is 2. The van der Waals surface area contributed by atoms with E-state index in [4.69, 9.17) is 9.47 Å². The Bertz CT molecular complexity index is 479. The summed E-state index contributed by atoms with van der Waals surface area (Å²) >= 11 is 0. The largest absolute Gasteiger partial charge is 0.465 e. The summed E-state index contributed by atoms with van der Waals surface area (Å²) in [6.45, 7) is 8.31. The lowest BCUT2D eigenvalue weighted by atomic mass is 9.93. The molecule has 1 fully saturated rings. The molecule has 0 spiro atoms. The predicted octanol–water partition coefficient (Wildman–Crippen LogP) is 1.74. The Morgan fingerprint density at radius 3 is 2.54 bits per heavy atom. The molecule has 136 valence electrons. The van der Waals surface area contributed by atoms with E-state index >= 15 is 0 Å². The molecule has 3 unspecified atom stereocenters. The van der Waals surface area contributed by atoms with Crippen LogP contribution in [0, 0.1) is 0 Å². The van der Waals surface area contributed by atoms with Crippen LogP contribution in [0.1, 0.15) is 47.0 Å². The van der Waals surface area contributed by atoms with Gasteiger partial charge in [-0.15, -0.1) is 0 Å². The number of nitrogens with one attached hydrogen (secondary N) is 2. The van der Waals surface area contributed by atoms with Crippen molar-refractivity contribution >= 4 is 12.1 Å². The van der Waals surface area contributed by atoms with Crippen molar-refractivity contribution in [1.82, 2.24) is 15.8 Å². The standard InChI is InChI=1S/C17H29N3O4/c1-5-23-15(21)13-10-9-12(18-19-13)14-8-6-7-11-20(14)16(22)24-17(2,3)4/h6-7,12-14,18-19H,5,8-11H2,1-4H3. The third kappa shape index (κ3) is 4.95. The number of rotatable bonds is 3. The Morgan fingerprint density at radius 1 is 1.21 bits per heavy atom. The fourth-order valence-electron chi connectivity index (χ4n) is 3.00. The molecular weight excluding hydrogens is 310 g/mol. The molecule has 0 radical (unpaired) electrons. The van der Waals surface area contributed by atoms with Gasteiger partial charge in [-0.2, -0.15) is 0 Å². The maximum Gasteiger partial charge on any atom is 0.410 e. The van der Waals surface area contributed by atoms with Gasteiger partial charge in [0.2, 0.25) is 0 Å². The minimum Gasteiger partial charge on any atom is -0.465 e. The second kappa shape index (κ2) is 7.98. The van der Waals surface area contributed by atoms with Gasteiger partial charge < -0.3 is 9.47 Å². The second-order valence-electron chi connectivity index (χ2n) is 7.18. The summed E-state index contributed by atoms with van der Waals surface area (Å²) in [5.41, 5.74) is 5.71. The maximum atomic E-state index is 12.5. The van der Waals surface area contributed by atoms with E-state index in [-0.39, 0.29) is 30.2 Å². The minimum absolute atomic E-state index is 0.000459. The van der Waals surface area contributed by atoms with Crippen molar-refractivity contribution in [3.63, 3.8) is 0 Å². The number of nitrogens with zero attached hydrogens (tertiary/aromatic N) is 1. The highest BCUT2D eigenvalue weighted by molar-refractivity contribution is 5.75. The first-order valence-electron chi connectivity index (χ1n) is 8.64. The molecule has 2 aliphatic heterocycles. The van der Waals surface area contributed by atoms with E-state index in [2.05, 4.69) is 16.9 Å². The van der Waals surface area contributed by atoms with Crippen molar-refractivity contribution in [3.05, 3.63) is 12.2 Å². The number of carbonyl (C=O) groups excluding carboxylic acids is 2. The molecule has 0 aromatic heterocycles. The van der Waals surface area contributed by atoms with E-state index in [1.54, 1.807) is 11.8 Å². The first-order valence-corrected chi connectivity index (χ1v) is 8.64. The average molecular weight is 339 g/mol. The van der Waals surface area contributed by atoms with Gasteiger partial charge in [-0.25, -0.2) is 10.2 Å². The van der Waals surface area contributed by atoms with Crippen molar-refractivity contribution in [2.45, 2.75) is 70.7 Å². The van der Waals surface area contributed by atoms with Crippen LogP contribution in [-0.4, -0.2) is 53.8 Å². The molecule has 2 N–H and O–H groups in total. The number of amides is 1. The molecular formula is C17H29N3O4. The first kappa shape index (κ1) is 18.7. The second-order valence-corrected chi connectivity index (χ2v) is 7.18. The third-order valence-electron chi connectivity index (χ3n) is 4.12. The van der Waals surface area contributed by atoms with Crippen LogP contribution >= 0.6 is 0 Å². The van der Waals surface area contributed by atoms with Crippen LogP contribution in [0.4, 0.5) is 4.79 Å². The number of hydrazine groups is 1. The zero-order valence-electron chi connectivity index (χ0n) is 15.0. The van der Waals surface area contributed by atoms with Gasteiger partial charge >= 0.3 is 12.1 Å². The molecule has 2 aliphatic rings. The molecule has 24 heavy (non-hydrogen) atoms. The Labute approximate surface area is 143 Å². The SMILES string of the molecule is CCOC(=O)C1CCC(C2CC=CCN2C(=O)OC(C)(C)C)NN1. The van der Waals surface area contributed by atoms with Gasteiger partial charge in [-0.05, 0) is 47.0 Å². The fourth-order valence-corrected chi connectivity index (χ4v) is 3.00. The van der Waals surface area contributed by atoms with Gasteiger partial charge in [0.15, 0.2) is 0 Å².